The van der Waals surface area contributed by atoms with Crippen molar-refractivity contribution in [3.05, 3.63) is 45.3 Å². The van der Waals surface area contributed by atoms with Gasteiger partial charge in [-0.15, -0.1) is 21.5 Å². The Morgan fingerprint density at radius 1 is 1.10 bits per heavy atom. The Morgan fingerprint density at radius 3 is 2.38 bits per heavy atom. The van der Waals surface area contributed by atoms with Gasteiger partial charge in [-0.05, 0) is 26.0 Å². The van der Waals surface area contributed by atoms with Crippen LogP contribution in [0.15, 0.2) is 27.8 Å². The molecule has 3 aromatic rings. The van der Waals surface area contributed by atoms with Crippen LogP contribution in [-0.4, -0.2) is 36.4 Å². The number of rotatable bonds is 6. The van der Waals surface area contributed by atoms with Crippen molar-refractivity contribution in [2.45, 2.75) is 24.8 Å². The molecule has 0 radical (unpaired) electrons. The van der Waals surface area contributed by atoms with Crippen LogP contribution in [0.3, 0.4) is 0 Å². The van der Waals surface area contributed by atoms with Gasteiger partial charge in [0.05, 0.1) is 19.8 Å². The number of hydrogen-bond donors (Lipinski definition) is 1. The predicted octanol–water partition coefficient (Wildman–Crippen LogP) is 3.86. The molecule has 0 saturated carbocycles. The molecule has 152 valence electrons. The van der Waals surface area contributed by atoms with E-state index < -0.39 is 11.9 Å². The van der Waals surface area contributed by atoms with Crippen LogP contribution in [0.25, 0.3) is 11.5 Å². The summed E-state index contributed by atoms with van der Waals surface area (Å²) in [5.74, 6) is -0.595. The molecule has 0 aliphatic carbocycles. The number of thiophene rings is 1. The van der Waals surface area contributed by atoms with E-state index >= 15 is 0 Å². The summed E-state index contributed by atoms with van der Waals surface area (Å²) in [5, 5.41) is 8.63. The Bertz CT molecular complexity index is 1050. The van der Waals surface area contributed by atoms with Gasteiger partial charge in [-0.3, -0.25) is 0 Å². The molecule has 2 aromatic heterocycles. The number of nitrogens with two attached hydrogens (primary N) is 1. The summed E-state index contributed by atoms with van der Waals surface area (Å²) in [4.78, 5) is 24.5. The van der Waals surface area contributed by atoms with Gasteiger partial charge in [0.25, 0.3) is 5.22 Å². The number of benzene rings is 1. The number of nitrogen functional groups attached to an aromatic ring is 1. The zero-order chi connectivity index (χ0) is 21.1. The average Bonchev–Trinajstić information content (AvgIpc) is 3.28. The molecule has 29 heavy (non-hydrogen) atoms. The Labute approximate surface area is 175 Å². The number of thioether (sulfide) groups is 1. The lowest BCUT2D eigenvalue weighted by molar-refractivity contribution is 0.0601. The number of hydrogen-bond acceptors (Lipinski definition) is 10. The van der Waals surface area contributed by atoms with E-state index in [1.54, 1.807) is 0 Å². The van der Waals surface area contributed by atoms with Gasteiger partial charge in [0.2, 0.25) is 5.89 Å². The fraction of sp³-hybridized carbons (Fsp3) is 0.263. The smallest absolute Gasteiger partial charge is 0.348 e. The van der Waals surface area contributed by atoms with E-state index in [2.05, 4.69) is 16.3 Å². The van der Waals surface area contributed by atoms with Crippen molar-refractivity contribution in [2.75, 3.05) is 20.0 Å². The molecular weight excluding hydrogens is 414 g/mol. The number of methoxy groups -OCH3 is 2. The number of carbonyl (C=O) groups excluding carboxylic acids is 2. The molecule has 0 aliphatic heterocycles. The van der Waals surface area contributed by atoms with Gasteiger partial charge < -0.3 is 19.6 Å². The van der Waals surface area contributed by atoms with Crippen molar-refractivity contribution in [1.29, 1.82) is 0 Å². The van der Waals surface area contributed by atoms with Gasteiger partial charge in [-0.25, -0.2) is 9.59 Å². The predicted molar refractivity (Wildman–Crippen MR) is 110 cm³/mol. The molecule has 0 spiro atoms. The molecule has 10 heteroatoms. The van der Waals surface area contributed by atoms with Crippen LogP contribution in [0.4, 0.5) is 5.00 Å². The Hall–Kier alpha value is -2.85. The van der Waals surface area contributed by atoms with Crippen LogP contribution >= 0.6 is 23.1 Å². The van der Waals surface area contributed by atoms with Crippen molar-refractivity contribution < 1.29 is 23.5 Å². The first-order valence-electron chi connectivity index (χ1n) is 8.46. The first kappa shape index (κ1) is 20.9. The topological polar surface area (TPSA) is 118 Å². The molecule has 2 heterocycles. The van der Waals surface area contributed by atoms with E-state index in [-0.39, 0.29) is 21.2 Å². The molecule has 0 amide bonds. The van der Waals surface area contributed by atoms with Gasteiger partial charge in [0, 0.05) is 16.9 Å². The first-order chi connectivity index (χ1) is 13.8. The third-order valence-electron chi connectivity index (χ3n) is 4.01. The normalized spacial score (nSPS) is 10.8. The number of ether oxygens (including phenoxy) is 2. The molecule has 0 saturated heterocycles. The van der Waals surface area contributed by atoms with Gasteiger partial charge in [-0.2, -0.15) is 0 Å². The van der Waals surface area contributed by atoms with Crippen LogP contribution in [0, 0.1) is 13.8 Å². The maximum absolute atomic E-state index is 12.1. The molecule has 1 aromatic carbocycles. The minimum Gasteiger partial charge on any atom is -0.465 e. The third kappa shape index (κ3) is 4.43. The molecule has 0 atom stereocenters. The number of aryl methyl sites for hydroxylation is 2. The van der Waals surface area contributed by atoms with Gasteiger partial charge >= 0.3 is 11.9 Å². The first-order valence-corrected chi connectivity index (χ1v) is 10.3. The van der Waals surface area contributed by atoms with Crippen molar-refractivity contribution in [3.8, 4) is 11.5 Å². The van der Waals surface area contributed by atoms with E-state index in [4.69, 9.17) is 19.6 Å². The summed E-state index contributed by atoms with van der Waals surface area (Å²) >= 11 is 2.17. The maximum atomic E-state index is 12.1. The van der Waals surface area contributed by atoms with Crippen LogP contribution in [-0.2, 0) is 15.2 Å². The highest BCUT2D eigenvalue weighted by atomic mass is 32.2. The summed E-state index contributed by atoms with van der Waals surface area (Å²) in [6, 6.07) is 5.97. The van der Waals surface area contributed by atoms with Crippen LogP contribution in [0.1, 0.15) is 36.7 Å². The highest BCUT2D eigenvalue weighted by Crippen LogP contribution is 2.36. The average molecular weight is 434 g/mol. The summed E-state index contributed by atoms with van der Waals surface area (Å²) < 4.78 is 15.3. The van der Waals surface area contributed by atoms with E-state index in [1.807, 2.05) is 26.0 Å². The lowest BCUT2D eigenvalue weighted by Crippen LogP contribution is -2.08. The Kier molecular flexibility index (Phi) is 6.23. The number of carbonyl (C=O) groups is 2. The zero-order valence-electron chi connectivity index (χ0n) is 16.3. The van der Waals surface area contributed by atoms with E-state index in [9.17, 15) is 9.59 Å². The minimum absolute atomic E-state index is 0.152. The van der Waals surface area contributed by atoms with E-state index in [0.717, 1.165) is 28.0 Å². The van der Waals surface area contributed by atoms with Crippen molar-refractivity contribution in [1.82, 2.24) is 10.2 Å². The molecule has 3 rings (SSSR count). The summed E-state index contributed by atoms with van der Waals surface area (Å²) in [6.45, 7) is 3.98. The third-order valence-corrected chi connectivity index (χ3v) is 5.90. The van der Waals surface area contributed by atoms with Crippen molar-refractivity contribution in [3.63, 3.8) is 0 Å². The van der Waals surface area contributed by atoms with Crippen LogP contribution in [0.2, 0.25) is 0 Å². The fourth-order valence-electron chi connectivity index (χ4n) is 2.82. The second-order valence-electron chi connectivity index (χ2n) is 6.17. The largest absolute Gasteiger partial charge is 0.465 e. The molecular formula is C19H19N3O5S2. The number of esters is 2. The quantitative estimate of drug-likeness (QED) is 0.456. The second kappa shape index (κ2) is 8.66. The minimum atomic E-state index is -0.619. The van der Waals surface area contributed by atoms with Crippen LogP contribution in [0.5, 0.6) is 0 Å². The van der Waals surface area contributed by atoms with Crippen LogP contribution < -0.4 is 5.73 Å². The molecule has 0 aliphatic rings. The highest BCUT2D eigenvalue weighted by Gasteiger charge is 2.27. The maximum Gasteiger partial charge on any atom is 0.348 e. The molecule has 8 nitrogen and oxygen atoms in total. The molecule has 2 N–H and O–H groups in total. The standard InChI is InChI=1S/C19H19N3O5S2/c1-9-5-10(2)7-11(6-9)16-21-22-19(27-16)28-8-12-13(17(23)25-3)15(20)29-14(12)18(24)26-4/h5-7H,8,20H2,1-4H3. The number of aromatic nitrogens is 2. The van der Waals surface area contributed by atoms with Gasteiger partial charge in [0.15, 0.2) is 0 Å². The molecule has 0 fully saturated rings. The lowest BCUT2D eigenvalue weighted by Gasteiger charge is -2.04. The monoisotopic (exact) mass is 433 g/mol. The van der Waals surface area contributed by atoms with Crippen molar-refractivity contribution in [2.24, 2.45) is 0 Å². The Balaban J connectivity index is 1.87. The van der Waals surface area contributed by atoms with E-state index in [1.165, 1.54) is 26.0 Å². The zero-order valence-corrected chi connectivity index (χ0v) is 17.9. The van der Waals surface area contributed by atoms with Crippen molar-refractivity contribution >= 4 is 40.0 Å². The number of anilines is 1. The SMILES string of the molecule is COC(=O)c1sc(N)c(C(=O)OC)c1CSc1nnc(-c2cc(C)cc(C)c2)o1. The lowest BCUT2D eigenvalue weighted by atomic mass is 10.1. The summed E-state index contributed by atoms with van der Waals surface area (Å²) in [7, 11) is 2.52. The van der Waals surface area contributed by atoms with E-state index in [0.29, 0.717) is 16.7 Å². The number of nitrogens with zero attached hydrogens (tertiary/aromatic N) is 2. The molecule has 0 bridgehead atoms. The fourth-order valence-corrected chi connectivity index (χ4v) is 4.70. The highest BCUT2D eigenvalue weighted by molar-refractivity contribution is 7.98. The molecule has 0 unspecified atom stereocenters. The second-order valence-corrected chi connectivity index (χ2v) is 8.15. The summed E-state index contributed by atoms with van der Waals surface area (Å²) in [5.41, 5.74) is 9.51. The Morgan fingerprint density at radius 2 is 1.76 bits per heavy atom. The van der Waals surface area contributed by atoms with Gasteiger partial charge in [-0.1, -0.05) is 29.0 Å². The summed E-state index contributed by atoms with van der Waals surface area (Å²) in [6.07, 6.45) is 0. The van der Waals surface area contributed by atoms with Gasteiger partial charge in [0.1, 0.15) is 9.88 Å².